The summed E-state index contributed by atoms with van der Waals surface area (Å²) in [5.41, 5.74) is -0.436. The van der Waals surface area contributed by atoms with Gasteiger partial charge in [-0.15, -0.1) is 0 Å². The van der Waals surface area contributed by atoms with Gasteiger partial charge in [-0.3, -0.25) is 0 Å². The van der Waals surface area contributed by atoms with Crippen LogP contribution >= 0.6 is 0 Å². The lowest BCUT2D eigenvalue weighted by Crippen LogP contribution is -2.47. The lowest BCUT2D eigenvalue weighted by Gasteiger charge is -2.32. The van der Waals surface area contributed by atoms with Gasteiger partial charge in [0.2, 0.25) is 0 Å². The zero-order chi connectivity index (χ0) is 16.9. The van der Waals surface area contributed by atoms with E-state index in [0.29, 0.717) is 30.5 Å². The van der Waals surface area contributed by atoms with Crippen LogP contribution in [0.3, 0.4) is 0 Å². The van der Waals surface area contributed by atoms with Gasteiger partial charge >= 0.3 is 6.09 Å². The second kappa shape index (κ2) is 8.34. The first-order valence-corrected chi connectivity index (χ1v) is 9.16. The molecule has 2 fully saturated rings. The normalized spacial score (nSPS) is 27.7. The van der Waals surface area contributed by atoms with Crippen LogP contribution in [0, 0.1) is 11.8 Å². The van der Waals surface area contributed by atoms with E-state index in [4.69, 9.17) is 9.47 Å². The summed E-state index contributed by atoms with van der Waals surface area (Å²) in [7, 11) is 0. The number of hydrogen-bond acceptors (Lipinski definition) is 4. The zero-order valence-corrected chi connectivity index (χ0v) is 15.2. The van der Waals surface area contributed by atoms with Crippen LogP contribution in [0.4, 0.5) is 4.79 Å². The third kappa shape index (κ3) is 6.30. The predicted octanol–water partition coefficient (Wildman–Crippen LogP) is 3.08. The Morgan fingerprint density at radius 3 is 2.57 bits per heavy atom. The highest BCUT2D eigenvalue weighted by Gasteiger charge is 2.31. The average Bonchev–Trinajstić information content (AvgIpc) is 2.91. The fraction of sp³-hybridized carbons (Fsp3) is 0.944. The minimum atomic E-state index is -0.436. The van der Waals surface area contributed by atoms with Crippen LogP contribution in [-0.2, 0) is 9.47 Å². The monoisotopic (exact) mass is 326 g/mol. The van der Waals surface area contributed by atoms with Crippen LogP contribution in [0.25, 0.3) is 0 Å². The van der Waals surface area contributed by atoms with Crippen LogP contribution < -0.4 is 10.6 Å². The lowest BCUT2D eigenvalue weighted by atomic mass is 9.91. The number of rotatable bonds is 5. The molecule has 1 aliphatic carbocycles. The van der Waals surface area contributed by atoms with Crippen LogP contribution in [-0.4, -0.2) is 43.5 Å². The van der Waals surface area contributed by atoms with E-state index >= 15 is 0 Å². The number of alkyl carbamates (subject to hydrolysis) is 1. The Morgan fingerprint density at radius 1 is 1.22 bits per heavy atom. The molecule has 0 aromatic carbocycles. The summed E-state index contributed by atoms with van der Waals surface area (Å²) >= 11 is 0. The van der Waals surface area contributed by atoms with Crippen molar-refractivity contribution in [3.63, 3.8) is 0 Å². The maximum atomic E-state index is 11.8. The Labute approximate surface area is 140 Å². The van der Waals surface area contributed by atoms with Crippen molar-refractivity contribution in [3.8, 4) is 0 Å². The maximum absolute atomic E-state index is 11.8. The largest absolute Gasteiger partial charge is 0.444 e. The van der Waals surface area contributed by atoms with E-state index < -0.39 is 5.60 Å². The van der Waals surface area contributed by atoms with E-state index in [9.17, 15) is 4.79 Å². The number of ether oxygens (including phenoxy) is 2. The molecule has 0 aromatic rings. The molecule has 1 saturated carbocycles. The molecular formula is C18H34N2O3. The van der Waals surface area contributed by atoms with Crippen LogP contribution in [0.15, 0.2) is 0 Å². The molecule has 1 heterocycles. The van der Waals surface area contributed by atoms with E-state index in [0.717, 1.165) is 26.1 Å². The summed E-state index contributed by atoms with van der Waals surface area (Å²) < 4.78 is 10.8. The molecule has 1 saturated heterocycles. The number of hydrogen-bond donors (Lipinski definition) is 2. The topological polar surface area (TPSA) is 59.6 Å². The highest BCUT2D eigenvalue weighted by Crippen LogP contribution is 2.27. The van der Waals surface area contributed by atoms with Gasteiger partial charge in [0.1, 0.15) is 5.60 Å². The lowest BCUT2D eigenvalue weighted by molar-refractivity contribution is 0.0499. The first kappa shape index (κ1) is 18.5. The summed E-state index contributed by atoms with van der Waals surface area (Å²) in [6.07, 6.45) is 5.62. The molecule has 0 spiro atoms. The molecule has 0 bridgehead atoms. The van der Waals surface area contributed by atoms with Gasteiger partial charge in [0.25, 0.3) is 0 Å². The third-order valence-electron chi connectivity index (χ3n) is 5.02. The van der Waals surface area contributed by atoms with E-state index in [1.807, 2.05) is 20.8 Å². The molecule has 5 nitrogen and oxygen atoms in total. The van der Waals surface area contributed by atoms with Crippen molar-refractivity contribution >= 4 is 6.09 Å². The van der Waals surface area contributed by atoms with Gasteiger partial charge in [0.15, 0.2) is 0 Å². The molecule has 2 rings (SSSR count). The zero-order valence-electron chi connectivity index (χ0n) is 15.2. The quantitative estimate of drug-likeness (QED) is 0.815. The minimum Gasteiger partial charge on any atom is -0.444 e. The number of amides is 1. The Bertz CT molecular complexity index is 375. The summed E-state index contributed by atoms with van der Waals surface area (Å²) in [5.74, 6) is 1.22. The van der Waals surface area contributed by atoms with E-state index in [2.05, 4.69) is 17.6 Å². The van der Waals surface area contributed by atoms with E-state index in [1.54, 1.807) is 0 Å². The highest BCUT2D eigenvalue weighted by atomic mass is 16.6. The standard InChI is InChI=1S/C18H34N2O3/c1-13(14-8-10-22-11-9-14)20-16-7-5-6-15(16)12-19-17(21)23-18(2,3)4/h13-16,20H,5-12H2,1-4H3,(H,19,21)/t13-,15-,16+/m0/s1. The summed E-state index contributed by atoms with van der Waals surface area (Å²) in [6, 6.07) is 1.02. The van der Waals surface area contributed by atoms with Gasteiger partial charge in [0, 0.05) is 31.8 Å². The van der Waals surface area contributed by atoms with Crippen LogP contribution in [0.1, 0.15) is 59.8 Å². The molecule has 1 aliphatic heterocycles. The van der Waals surface area contributed by atoms with E-state index in [1.165, 1.54) is 19.3 Å². The fourth-order valence-corrected chi connectivity index (χ4v) is 3.72. The summed E-state index contributed by atoms with van der Waals surface area (Å²) in [4.78, 5) is 11.8. The molecule has 0 aromatic heterocycles. The Kier molecular flexibility index (Phi) is 6.72. The first-order chi connectivity index (χ1) is 10.8. The molecular weight excluding hydrogens is 292 g/mol. The second-order valence-electron chi connectivity index (χ2n) is 8.09. The van der Waals surface area contributed by atoms with Gasteiger partial charge in [-0.05, 0) is 65.2 Å². The van der Waals surface area contributed by atoms with Crippen molar-refractivity contribution in [2.24, 2.45) is 11.8 Å². The smallest absolute Gasteiger partial charge is 0.407 e. The maximum Gasteiger partial charge on any atom is 0.407 e. The van der Waals surface area contributed by atoms with Gasteiger partial charge in [0.05, 0.1) is 0 Å². The Morgan fingerprint density at radius 2 is 1.91 bits per heavy atom. The predicted molar refractivity (Wildman–Crippen MR) is 91.5 cm³/mol. The Balaban J connectivity index is 1.75. The molecule has 5 heteroatoms. The van der Waals surface area contributed by atoms with Crippen molar-refractivity contribution in [2.45, 2.75) is 77.5 Å². The fourth-order valence-electron chi connectivity index (χ4n) is 3.72. The second-order valence-corrected chi connectivity index (χ2v) is 8.09. The third-order valence-corrected chi connectivity index (χ3v) is 5.02. The average molecular weight is 326 g/mol. The molecule has 2 aliphatic rings. The molecule has 3 atom stereocenters. The molecule has 23 heavy (non-hydrogen) atoms. The van der Waals surface area contributed by atoms with Crippen molar-refractivity contribution in [1.29, 1.82) is 0 Å². The summed E-state index contributed by atoms with van der Waals surface area (Å²) in [5, 5.41) is 6.77. The van der Waals surface area contributed by atoms with E-state index in [-0.39, 0.29) is 6.09 Å². The number of nitrogens with one attached hydrogen (secondary N) is 2. The van der Waals surface area contributed by atoms with Crippen LogP contribution in [0.5, 0.6) is 0 Å². The molecule has 134 valence electrons. The van der Waals surface area contributed by atoms with Crippen molar-refractivity contribution in [3.05, 3.63) is 0 Å². The van der Waals surface area contributed by atoms with Gasteiger partial charge in [-0.2, -0.15) is 0 Å². The highest BCUT2D eigenvalue weighted by molar-refractivity contribution is 5.67. The molecule has 0 radical (unpaired) electrons. The Hall–Kier alpha value is -0.810. The molecule has 0 unspecified atom stereocenters. The van der Waals surface area contributed by atoms with Gasteiger partial charge in [-0.25, -0.2) is 4.79 Å². The number of carbonyl (C=O) groups is 1. The van der Waals surface area contributed by atoms with Gasteiger partial charge < -0.3 is 20.1 Å². The van der Waals surface area contributed by atoms with Crippen molar-refractivity contribution in [1.82, 2.24) is 10.6 Å². The van der Waals surface area contributed by atoms with Crippen molar-refractivity contribution in [2.75, 3.05) is 19.8 Å². The van der Waals surface area contributed by atoms with Crippen LogP contribution in [0.2, 0.25) is 0 Å². The minimum absolute atomic E-state index is 0.305. The number of carbonyl (C=O) groups excluding carboxylic acids is 1. The summed E-state index contributed by atoms with van der Waals surface area (Å²) in [6.45, 7) is 10.5. The van der Waals surface area contributed by atoms with Crippen molar-refractivity contribution < 1.29 is 14.3 Å². The molecule has 2 N–H and O–H groups in total. The molecule has 1 amide bonds. The SMILES string of the molecule is C[C@H](N[C@@H]1CCC[C@H]1CNC(=O)OC(C)(C)C)C1CCOCC1. The first-order valence-electron chi connectivity index (χ1n) is 9.16. The van der Waals surface area contributed by atoms with Gasteiger partial charge in [-0.1, -0.05) is 6.42 Å².